The van der Waals surface area contributed by atoms with Gasteiger partial charge in [-0.05, 0) is 67.1 Å². The Morgan fingerprint density at radius 2 is 1.62 bits per heavy atom. The first-order valence-electron chi connectivity index (χ1n) is 8.76. The molecule has 1 saturated carbocycles. The van der Waals surface area contributed by atoms with Crippen molar-refractivity contribution in [3.8, 4) is 0 Å². The highest BCUT2D eigenvalue weighted by molar-refractivity contribution is 5.46. The molecular formula is C20H33N. The van der Waals surface area contributed by atoms with Crippen molar-refractivity contribution in [1.29, 1.82) is 0 Å². The molecule has 1 heteroatoms. The monoisotopic (exact) mass is 287 g/mol. The van der Waals surface area contributed by atoms with Crippen LogP contribution >= 0.6 is 0 Å². The van der Waals surface area contributed by atoms with Crippen LogP contribution in [0.2, 0.25) is 0 Å². The van der Waals surface area contributed by atoms with Crippen molar-refractivity contribution >= 4 is 5.69 Å². The minimum Gasteiger partial charge on any atom is -0.382 e. The lowest BCUT2D eigenvalue weighted by Gasteiger charge is -2.37. The molecule has 1 unspecified atom stereocenters. The Labute approximate surface area is 131 Å². The van der Waals surface area contributed by atoms with E-state index in [1.165, 1.54) is 43.4 Å². The van der Waals surface area contributed by atoms with Crippen LogP contribution in [0.15, 0.2) is 24.3 Å². The third-order valence-corrected chi connectivity index (χ3v) is 5.41. The van der Waals surface area contributed by atoms with E-state index in [9.17, 15) is 0 Å². The van der Waals surface area contributed by atoms with Gasteiger partial charge in [0.15, 0.2) is 0 Å². The zero-order valence-corrected chi connectivity index (χ0v) is 14.6. The van der Waals surface area contributed by atoms with Gasteiger partial charge in [0.25, 0.3) is 0 Å². The van der Waals surface area contributed by atoms with Gasteiger partial charge in [0.2, 0.25) is 0 Å². The van der Waals surface area contributed by atoms with Gasteiger partial charge in [-0.3, -0.25) is 0 Å². The van der Waals surface area contributed by atoms with Gasteiger partial charge < -0.3 is 5.32 Å². The maximum absolute atomic E-state index is 3.74. The third-order valence-electron chi connectivity index (χ3n) is 5.41. The Bertz CT molecular complexity index is 418. The summed E-state index contributed by atoms with van der Waals surface area (Å²) in [6.45, 7) is 11.7. The molecule has 1 aliphatic rings. The van der Waals surface area contributed by atoms with Crippen LogP contribution < -0.4 is 5.32 Å². The van der Waals surface area contributed by atoms with Crippen LogP contribution in [0.1, 0.15) is 78.2 Å². The average Bonchev–Trinajstić information content (AvgIpc) is 2.47. The molecule has 0 aromatic heterocycles. The largest absolute Gasteiger partial charge is 0.382 e. The molecule has 1 fully saturated rings. The van der Waals surface area contributed by atoms with Crippen molar-refractivity contribution < 1.29 is 0 Å². The second-order valence-corrected chi connectivity index (χ2v) is 7.99. The highest BCUT2D eigenvalue weighted by Crippen LogP contribution is 2.38. The molecule has 0 saturated heterocycles. The Hall–Kier alpha value is -0.980. The lowest BCUT2D eigenvalue weighted by Crippen LogP contribution is -2.31. The summed E-state index contributed by atoms with van der Waals surface area (Å²) in [5, 5.41) is 3.74. The lowest BCUT2D eigenvalue weighted by atomic mass is 9.71. The summed E-state index contributed by atoms with van der Waals surface area (Å²) in [7, 11) is 0. The molecule has 1 N–H and O–H groups in total. The zero-order valence-electron chi connectivity index (χ0n) is 14.6. The fourth-order valence-corrected chi connectivity index (χ4v) is 3.48. The molecule has 0 heterocycles. The van der Waals surface area contributed by atoms with Gasteiger partial charge in [-0.1, -0.05) is 46.8 Å². The molecule has 0 bridgehead atoms. The first-order valence-corrected chi connectivity index (χ1v) is 8.76. The number of rotatable bonds is 4. The average molecular weight is 287 g/mol. The van der Waals surface area contributed by atoms with Gasteiger partial charge in [0.1, 0.15) is 0 Å². The van der Waals surface area contributed by atoms with Crippen LogP contribution in [0.25, 0.3) is 0 Å². The summed E-state index contributed by atoms with van der Waals surface area (Å²) in [5.41, 5.74) is 3.23. The van der Waals surface area contributed by atoms with Gasteiger partial charge in [0.05, 0.1) is 0 Å². The van der Waals surface area contributed by atoms with E-state index >= 15 is 0 Å². The van der Waals surface area contributed by atoms with E-state index in [1.54, 1.807) is 0 Å². The number of hydrogen-bond donors (Lipinski definition) is 1. The van der Waals surface area contributed by atoms with Gasteiger partial charge in [-0.15, -0.1) is 0 Å². The van der Waals surface area contributed by atoms with Crippen molar-refractivity contribution in [3.63, 3.8) is 0 Å². The molecule has 1 aromatic carbocycles. The van der Waals surface area contributed by atoms with Crippen LogP contribution in [-0.4, -0.2) is 6.04 Å². The third kappa shape index (κ3) is 4.49. The first kappa shape index (κ1) is 16.4. The quantitative estimate of drug-likeness (QED) is 0.693. The normalized spacial score (nSPS) is 24.6. The molecule has 1 aromatic rings. The fourth-order valence-electron chi connectivity index (χ4n) is 3.48. The summed E-state index contributed by atoms with van der Waals surface area (Å²) in [4.78, 5) is 0. The minimum absolute atomic E-state index is 0.475. The maximum atomic E-state index is 3.74. The van der Waals surface area contributed by atoms with E-state index in [4.69, 9.17) is 0 Å². The highest BCUT2D eigenvalue weighted by Gasteiger charge is 2.29. The van der Waals surface area contributed by atoms with Crippen molar-refractivity contribution in [2.45, 2.75) is 78.7 Å². The molecule has 0 amide bonds. The fraction of sp³-hybridized carbons (Fsp3) is 0.700. The molecule has 118 valence electrons. The number of nitrogens with one attached hydrogen (secondary N) is 1. The van der Waals surface area contributed by atoms with Crippen LogP contribution in [0.5, 0.6) is 0 Å². The predicted octanol–water partition coefficient (Wildman–Crippen LogP) is 6.22. The van der Waals surface area contributed by atoms with Gasteiger partial charge in [0, 0.05) is 11.7 Å². The number of hydrogen-bond acceptors (Lipinski definition) is 1. The van der Waals surface area contributed by atoms with Crippen LogP contribution in [0.3, 0.4) is 0 Å². The van der Waals surface area contributed by atoms with Crippen LogP contribution in [0, 0.1) is 11.3 Å². The zero-order chi connectivity index (χ0) is 15.5. The summed E-state index contributed by atoms with van der Waals surface area (Å²) < 4.78 is 0. The van der Waals surface area contributed by atoms with Gasteiger partial charge >= 0.3 is 0 Å². The topological polar surface area (TPSA) is 12.0 Å². The molecule has 0 aliphatic heterocycles. The van der Waals surface area contributed by atoms with Crippen LogP contribution in [-0.2, 0) is 0 Å². The van der Waals surface area contributed by atoms with E-state index in [0.29, 0.717) is 17.4 Å². The first-order chi connectivity index (χ1) is 9.90. The molecule has 1 atom stereocenters. The molecular weight excluding hydrogens is 254 g/mol. The van der Waals surface area contributed by atoms with Crippen LogP contribution in [0.4, 0.5) is 5.69 Å². The van der Waals surface area contributed by atoms with E-state index in [0.717, 1.165) is 5.92 Å². The molecule has 2 rings (SSSR count). The standard InChI is InChI=1S/C20H33N/c1-6-15(2)16-7-11-18(12-8-16)21-19-13-9-17(10-14-19)20(3,4)5/h7-8,11-12,15,17,19,21H,6,9-10,13-14H2,1-5H3. The summed E-state index contributed by atoms with van der Waals surface area (Å²) in [6.07, 6.45) is 6.58. The van der Waals surface area contributed by atoms with Crippen molar-refractivity contribution in [3.05, 3.63) is 29.8 Å². The van der Waals surface area contributed by atoms with E-state index in [1.807, 2.05) is 0 Å². The van der Waals surface area contributed by atoms with E-state index < -0.39 is 0 Å². The Morgan fingerprint density at radius 1 is 1.05 bits per heavy atom. The Balaban J connectivity index is 1.86. The molecule has 0 radical (unpaired) electrons. The lowest BCUT2D eigenvalue weighted by molar-refractivity contribution is 0.173. The number of anilines is 1. The van der Waals surface area contributed by atoms with Crippen molar-refractivity contribution in [2.75, 3.05) is 5.32 Å². The second-order valence-electron chi connectivity index (χ2n) is 7.99. The molecule has 21 heavy (non-hydrogen) atoms. The smallest absolute Gasteiger partial charge is 0.0342 e. The SMILES string of the molecule is CCC(C)c1ccc(NC2CCC(C(C)(C)C)CC2)cc1. The molecule has 1 nitrogen and oxygen atoms in total. The number of benzene rings is 1. The predicted molar refractivity (Wildman–Crippen MR) is 94.0 cm³/mol. The summed E-state index contributed by atoms with van der Waals surface area (Å²) in [5.74, 6) is 1.56. The highest BCUT2D eigenvalue weighted by atomic mass is 14.9. The Morgan fingerprint density at radius 3 is 2.10 bits per heavy atom. The van der Waals surface area contributed by atoms with Gasteiger partial charge in [-0.2, -0.15) is 0 Å². The molecule has 1 aliphatic carbocycles. The maximum Gasteiger partial charge on any atom is 0.0342 e. The van der Waals surface area contributed by atoms with Gasteiger partial charge in [-0.25, -0.2) is 0 Å². The van der Waals surface area contributed by atoms with Crippen molar-refractivity contribution in [2.24, 2.45) is 11.3 Å². The minimum atomic E-state index is 0.475. The summed E-state index contributed by atoms with van der Waals surface area (Å²) in [6, 6.07) is 9.77. The molecule has 0 spiro atoms. The van der Waals surface area contributed by atoms with Crippen molar-refractivity contribution in [1.82, 2.24) is 0 Å². The Kier molecular flexibility index (Phi) is 5.35. The second kappa shape index (κ2) is 6.85. The summed E-state index contributed by atoms with van der Waals surface area (Å²) >= 11 is 0. The van der Waals surface area contributed by atoms with E-state index in [2.05, 4.69) is 64.2 Å². The van der Waals surface area contributed by atoms with E-state index in [-0.39, 0.29) is 0 Å².